The summed E-state index contributed by atoms with van der Waals surface area (Å²) in [4.78, 5) is 16.5. The number of hydrogen-bond donors (Lipinski definition) is 1. The minimum Gasteiger partial charge on any atom is -0.393 e. The highest BCUT2D eigenvalue weighted by atomic mass is 19.1. The quantitative estimate of drug-likeness (QED) is 0.284. The van der Waals surface area contributed by atoms with Crippen LogP contribution in [-0.4, -0.2) is 62.4 Å². The Kier molecular flexibility index (Phi) is 9.32. The van der Waals surface area contributed by atoms with Crippen molar-refractivity contribution in [1.29, 1.82) is 0 Å². The van der Waals surface area contributed by atoms with Crippen LogP contribution in [0.15, 0.2) is 65.5 Å². The molecule has 0 bridgehead atoms. The number of Topliss-reactive ketones (excluding diaryl/α,β-unsaturated/α-hetero) is 1. The molecule has 5 rings (SSSR count). The second kappa shape index (κ2) is 12.1. The van der Waals surface area contributed by atoms with Crippen molar-refractivity contribution in [2.45, 2.75) is 65.9 Å². The summed E-state index contributed by atoms with van der Waals surface area (Å²) >= 11 is 0. The van der Waals surface area contributed by atoms with Gasteiger partial charge in [0.1, 0.15) is 5.78 Å². The number of hydrogen-bond acceptors (Lipinski definition) is 4. The largest absolute Gasteiger partial charge is 0.393 e. The van der Waals surface area contributed by atoms with Crippen molar-refractivity contribution in [1.82, 2.24) is 4.90 Å². The monoisotopic (exact) mass is 551 g/mol. The number of alkyl halides is 1. The zero-order chi connectivity index (χ0) is 29.3. The van der Waals surface area contributed by atoms with Crippen LogP contribution in [0.3, 0.4) is 0 Å². The van der Waals surface area contributed by atoms with E-state index in [1.165, 1.54) is 11.1 Å². The normalized spacial score (nSPS) is 40.5. The van der Waals surface area contributed by atoms with Crippen molar-refractivity contribution in [3.05, 3.63) is 65.5 Å². The lowest BCUT2D eigenvalue weighted by Crippen LogP contribution is -2.60. The second-order valence-corrected chi connectivity index (χ2v) is 13.1. The summed E-state index contributed by atoms with van der Waals surface area (Å²) in [6, 6.07) is 0. The molecule has 8 atom stereocenters. The zero-order valence-corrected chi connectivity index (χ0v) is 25.5. The van der Waals surface area contributed by atoms with Crippen LogP contribution in [0.2, 0.25) is 0 Å². The second-order valence-electron chi connectivity index (χ2n) is 13.1. The Labute approximate surface area is 241 Å². The van der Waals surface area contributed by atoms with E-state index in [-0.39, 0.29) is 22.2 Å². The van der Waals surface area contributed by atoms with Gasteiger partial charge in [0.25, 0.3) is 0 Å². The third-order valence-corrected chi connectivity index (χ3v) is 11.4. The van der Waals surface area contributed by atoms with Gasteiger partial charge in [-0.05, 0) is 78.6 Å². The van der Waals surface area contributed by atoms with E-state index in [2.05, 4.69) is 68.4 Å². The summed E-state index contributed by atoms with van der Waals surface area (Å²) in [5.74, 6) is 1.80. The molecule has 40 heavy (non-hydrogen) atoms. The van der Waals surface area contributed by atoms with Crippen LogP contribution >= 0.6 is 0 Å². The van der Waals surface area contributed by atoms with Gasteiger partial charge in [0.15, 0.2) is 0 Å². The fourth-order valence-corrected chi connectivity index (χ4v) is 9.73. The highest BCUT2D eigenvalue weighted by Gasteiger charge is 2.72. The number of carbonyl (C=O) groups excluding carboxylic acids is 1. The van der Waals surface area contributed by atoms with Crippen molar-refractivity contribution in [2.75, 3.05) is 40.5 Å². The molecule has 3 saturated carbocycles. The average molecular weight is 552 g/mol. The molecule has 220 valence electrons. The Balaban J connectivity index is 0.00000181. The van der Waals surface area contributed by atoms with Crippen LogP contribution in [-0.2, 0) is 9.53 Å². The summed E-state index contributed by atoms with van der Waals surface area (Å²) in [5, 5.41) is 12.0. The molecule has 4 fully saturated rings. The summed E-state index contributed by atoms with van der Waals surface area (Å²) in [5.41, 5.74) is 6.33. The molecule has 5 aliphatic rings. The molecule has 0 spiro atoms. The van der Waals surface area contributed by atoms with E-state index >= 15 is 0 Å². The van der Waals surface area contributed by atoms with Crippen molar-refractivity contribution in [3.63, 3.8) is 0 Å². The van der Waals surface area contributed by atoms with Crippen molar-refractivity contribution >= 4 is 5.78 Å². The summed E-state index contributed by atoms with van der Waals surface area (Å²) in [6.07, 6.45) is 16.8. The smallest absolute Gasteiger partial charge is 0.140 e. The molecule has 4 aliphatic carbocycles. The molecule has 0 radical (unpaired) electrons. The van der Waals surface area contributed by atoms with E-state index in [4.69, 9.17) is 4.74 Å². The van der Waals surface area contributed by atoms with Crippen molar-refractivity contribution < 1.29 is 19.0 Å². The number of rotatable bonds is 7. The molecule has 4 nitrogen and oxygen atoms in total. The van der Waals surface area contributed by atoms with E-state index < -0.39 is 6.10 Å². The van der Waals surface area contributed by atoms with Gasteiger partial charge in [-0.1, -0.05) is 57.7 Å². The zero-order valence-electron chi connectivity index (χ0n) is 25.5. The lowest BCUT2D eigenvalue weighted by Gasteiger charge is -2.60. The van der Waals surface area contributed by atoms with E-state index in [0.29, 0.717) is 50.2 Å². The standard InChI is InChI=1S/C34H47NO3.CH3F/c1-7-24(10-9-17-38-6)20-35-21-26-18-28-27-14-13-25-12-11-23(3)15-16-32(25,4)31(27)29(36)19-33(28,5)34(26,22-35)30(37)8-2;1-2/h7,9-11,15-16,26-29,31,36H,3,8,13-14,17-22H2,1-2,4-6H3;1H3/b10-9-,24-7+;/t26-,27?,28?,29?,31?,32?,33?,34+;/m0./s1. The Morgan fingerprint density at radius 3 is 2.77 bits per heavy atom. The van der Waals surface area contributed by atoms with E-state index in [1.807, 2.05) is 13.0 Å². The maximum atomic E-state index is 14.0. The van der Waals surface area contributed by atoms with Gasteiger partial charge in [0, 0.05) is 44.5 Å². The van der Waals surface area contributed by atoms with Gasteiger partial charge in [0.05, 0.1) is 25.3 Å². The van der Waals surface area contributed by atoms with E-state index in [1.54, 1.807) is 7.11 Å². The lowest BCUT2D eigenvalue weighted by atomic mass is 9.45. The maximum Gasteiger partial charge on any atom is 0.140 e. The van der Waals surface area contributed by atoms with Crippen LogP contribution in [0.5, 0.6) is 0 Å². The predicted octanol–water partition coefficient (Wildman–Crippen LogP) is 6.65. The summed E-state index contributed by atoms with van der Waals surface area (Å²) in [6.45, 7) is 16.2. The predicted molar refractivity (Wildman–Crippen MR) is 161 cm³/mol. The number of methoxy groups -OCH3 is 1. The topological polar surface area (TPSA) is 49.8 Å². The third kappa shape index (κ3) is 4.77. The number of likely N-dealkylation sites (tertiary alicyclic amines) is 1. The molecule has 1 heterocycles. The fourth-order valence-electron chi connectivity index (χ4n) is 9.73. The molecule has 1 N–H and O–H groups in total. The van der Waals surface area contributed by atoms with Crippen LogP contribution in [0.1, 0.15) is 59.8 Å². The van der Waals surface area contributed by atoms with Gasteiger partial charge in [0.2, 0.25) is 0 Å². The first-order chi connectivity index (χ1) is 19.1. The minimum absolute atomic E-state index is 0.164. The number of nitrogens with zero attached hydrogens (tertiary/aromatic N) is 1. The molecule has 1 saturated heterocycles. The van der Waals surface area contributed by atoms with Crippen LogP contribution in [0.4, 0.5) is 4.39 Å². The lowest BCUT2D eigenvalue weighted by molar-refractivity contribution is -0.156. The van der Waals surface area contributed by atoms with Crippen LogP contribution in [0, 0.1) is 39.9 Å². The number of halogens is 1. The average Bonchev–Trinajstić information content (AvgIpc) is 3.37. The first kappa shape index (κ1) is 30.9. The van der Waals surface area contributed by atoms with Crippen LogP contribution in [0.25, 0.3) is 0 Å². The highest BCUT2D eigenvalue weighted by Crippen LogP contribution is 2.72. The third-order valence-electron chi connectivity index (χ3n) is 11.4. The number of carbonyl (C=O) groups is 1. The Morgan fingerprint density at radius 1 is 1.35 bits per heavy atom. The molecular weight excluding hydrogens is 501 g/mol. The molecule has 0 aromatic rings. The molecule has 6 unspecified atom stereocenters. The van der Waals surface area contributed by atoms with Gasteiger partial charge in [-0.15, -0.1) is 5.73 Å². The van der Waals surface area contributed by atoms with Gasteiger partial charge >= 0.3 is 0 Å². The number of fused-ring (bicyclic) bond motifs is 7. The number of ether oxygens (including phenoxy) is 1. The van der Waals surface area contributed by atoms with Gasteiger partial charge in [-0.3, -0.25) is 14.1 Å². The van der Waals surface area contributed by atoms with Gasteiger partial charge in [-0.2, -0.15) is 0 Å². The summed E-state index contributed by atoms with van der Waals surface area (Å²) in [7, 11) is 2.21. The van der Waals surface area contributed by atoms with Crippen molar-refractivity contribution in [2.24, 2.45) is 39.9 Å². The van der Waals surface area contributed by atoms with E-state index in [0.717, 1.165) is 44.5 Å². The molecule has 1 aliphatic heterocycles. The van der Waals surface area contributed by atoms with Gasteiger partial charge < -0.3 is 9.84 Å². The molecule has 0 aromatic carbocycles. The number of aliphatic hydroxyl groups is 1. The maximum absolute atomic E-state index is 14.0. The number of aliphatic hydroxyl groups excluding tert-OH is 1. The summed E-state index contributed by atoms with van der Waals surface area (Å²) < 4.78 is 14.7. The first-order valence-corrected chi connectivity index (χ1v) is 15.1. The minimum atomic E-state index is -0.434. The number of ketones is 1. The Hall–Kier alpha value is -2.04. The molecule has 5 heteroatoms. The highest BCUT2D eigenvalue weighted by molar-refractivity contribution is 5.87. The van der Waals surface area contributed by atoms with Crippen molar-refractivity contribution in [3.8, 4) is 0 Å². The molecule has 0 aromatic heterocycles. The molecular formula is C35H50FNO3. The SMILES string of the molecule is C=C1C=C=C2CCC3C(C(O)CC4(C)C3C[C@H]3CN(CC(/C=C\COC)=C/C)C[C@]34C(=O)CC)C2(C)C=C1.CF. The fraction of sp³-hybridized carbons (Fsp3) is 0.657. The number of allylic oxidation sites excluding steroid dienone is 5. The van der Waals surface area contributed by atoms with Crippen LogP contribution < -0.4 is 0 Å². The van der Waals surface area contributed by atoms with Gasteiger partial charge in [-0.25, -0.2) is 0 Å². The Morgan fingerprint density at radius 2 is 2.10 bits per heavy atom. The Bertz CT molecular complexity index is 1150. The molecule has 0 amide bonds. The first-order valence-electron chi connectivity index (χ1n) is 15.1. The van der Waals surface area contributed by atoms with E-state index in [9.17, 15) is 14.3 Å².